The van der Waals surface area contributed by atoms with Crippen molar-refractivity contribution in [1.29, 1.82) is 0 Å². The normalized spacial score (nSPS) is 25.0. The molecule has 2 saturated heterocycles. The van der Waals surface area contributed by atoms with E-state index in [0.29, 0.717) is 5.92 Å². The summed E-state index contributed by atoms with van der Waals surface area (Å²) in [7, 11) is 0. The van der Waals surface area contributed by atoms with E-state index in [4.69, 9.17) is 0 Å². The van der Waals surface area contributed by atoms with Gasteiger partial charge in [0.2, 0.25) is 0 Å². The average Bonchev–Trinajstić information content (AvgIpc) is 3.23. The van der Waals surface area contributed by atoms with Gasteiger partial charge in [0.25, 0.3) is 5.91 Å². The monoisotopic (exact) mass is 349 g/mol. The third kappa shape index (κ3) is 2.50. The molecule has 5 rings (SSSR count). The lowest BCUT2D eigenvalue weighted by Gasteiger charge is -2.39. The number of amides is 1. The molecule has 2 aliphatic rings. The van der Waals surface area contributed by atoms with Crippen molar-refractivity contribution in [3.05, 3.63) is 65.7 Å². The zero-order valence-electron chi connectivity index (χ0n) is 14.4. The number of nitrogens with zero attached hydrogens (tertiary/aromatic N) is 2. The molecule has 2 unspecified atom stereocenters. The van der Waals surface area contributed by atoms with E-state index in [1.807, 2.05) is 30.3 Å². The Kier molecular flexibility index (Phi) is 3.55. The molecule has 2 fully saturated rings. The maximum absolute atomic E-state index is 13.2. The highest BCUT2D eigenvalue weighted by atomic mass is 19.1. The van der Waals surface area contributed by atoms with Crippen LogP contribution in [0.1, 0.15) is 47.5 Å². The molecule has 132 valence electrons. The van der Waals surface area contributed by atoms with Gasteiger partial charge in [-0.05, 0) is 67.5 Å². The van der Waals surface area contributed by atoms with Gasteiger partial charge in [-0.3, -0.25) is 4.79 Å². The van der Waals surface area contributed by atoms with Crippen LogP contribution in [-0.4, -0.2) is 32.9 Å². The molecule has 0 saturated carbocycles. The number of benzene rings is 2. The van der Waals surface area contributed by atoms with Gasteiger partial charge in [-0.25, -0.2) is 9.37 Å². The van der Waals surface area contributed by atoms with Crippen LogP contribution >= 0.6 is 0 Å². The van der Waals surface area contributed by atoms with E-state index in [0.717, 1.165) is 42.3 Å². The van der Waals surface area contributed by atoms with Crippen LogP contribution in [0.3, 0.4) is 0 Å². The van der Waals surface area contributed by atoms with Crippen molar-refractivity contribution < 1.29 is 9.18 Å². The smallest absolute Gasteiger partial charge is 0.254 e. The van der Waals surface area contributed by atoms with Crippen LogP contribution in [0.5, 0.6) is 0 Å². The first-order valence-corrected chi connectivity index (χ1v) is 9.20. The van der Waals surface area contributed by atoms with Gasteiger partial charge in [-0.15, -0.1) is 0 Å². The van der Waals surface area contributed by atoms with Gasteiger partial charge in [-0.1, -0.05) is 12.1 Å². The topological polar surface area (TPSA) is 49.0 Å². The second-order valence-electron chi connectivity index (χ2n) is 7.45. The number of hydrogen-bond acceptors (Lipinski definition) is 2. The molecule has 2 aliphatic heterocycles. The van der Waals surface area contributed by atoms with Crippen LogP contribution in [0.15, 0.2) is 48.8 Å². The molecule has 0 radical (unpaired) electrons. The lowest BCUT2D eigenvalue weighted by molar-refractivity contribution is 0.0571. The third-order valence-corrected chi connectivity index (χ3v) is 5.98. The number of aromatic nitrogens is 2. The predicted molar refractivity (Wildman–Crippen MR) is 97.4 cm³/mol. The Morgan fingerprint density at radius 2 is 1.81 bits per heavy atom. The molecule has 4 nitrogen and oxygen atoms in total. The van der Waals surface area contributed by atoms with Gasteiger partial charge in [0.05, 0.1) is 17.4 Å². The Bertz CT molecular complexity index is 951. The third-order valence-electron chi connectivity index (χ3n) is 5.98. The molecule has 0 spiro atoms. The minimum atomic E-state index is -0.196. The first-order chi connectivity index (χ1) is 12.7. The van der Waals surface area contributed by atoms with Crippen molar-refractivity contribution >= 4 is 16.9 Å². The molecule has 2 atom stereocenters. The molecule has 0 aliphatic carbocycles. The number of piperidine rings is 1. The van der Waals surface area contributed by atoms with E-state index in [1.165, 1.54) is 17.7 Å². The summed E-state index contributed by atoms with van der Waals surface area (Å²) in [6.45, 7) is 0. The Morgan fingerprint density at radius 1 is 1.08 bits per heavy atom. The minimum Gasteiger partial charge on any atom is -0.345 e. The fraction of sp³-hybridized carbons (Fsp3) is 0.333. The van der Waals surface area contributed by atoms with Crippen molar-refractivity contribution in [3.8, 4) is 0 Å². The van der Waals surface area contributed by atoms with Gasteiger partial charge < -0.3 is 9.88 Å². The van der Waals surface area contributed by atoms with Gasteiger partial charge in [0.15, 0.2) is 0 Å². The molecule has 2 aromatic carbocycles. The van der Waals surface area contributed by atoms with Crippen LogP contribution in [0.25, 0.3) is 11.0 Å². The van der Waals surface area contributed by atoms with Crippen molar-refractivity contribution in [2.24, 2.45) is 0 Å². The molecule has 2 bridgehead atoms. The summed E-state index contributed by atoms with van der Waals surface area (Å²) in [5.74, 6) is 0.331. The zero-order valence-corrected chi connectivity index (χ0v) is 14.4. The van der Waals surface area contributed by atoms with Crippen molar-refractivity contribution in [2.45, 2.75) is 43.7 Å². The summed E-state index contributed by atoms with van der Waals surface area (Å²) in [5.41, 5.74) is 3.68. The highest BCUT2D eigenvalue weighted by Crippen LogP contribution is 2.43. The van der Waals surface area contributed by atoms with Crippen molar-refractivity contribution in [1.82, 2.24) is 14.9 Å². The van der Waals surface area contributed by atoms with E-state index >= 15 is 0 Å². The second kappa shape index (κ2) is 5.94. The largest absolute Gasteiger partial charge is 0.345 e. The number of nitrogens with one attached hydrogen (secondary N) is 1. The Balaban J connectivity index is 1.39. The van der Waals surface area contributed by atoms with Crippen molar-refractivity contribution in [3.63, 3.8) is 0 Å². The number of H-pyrrole nitrogens is 1. The number of fused-ring (bicyclic) bond motifs is 3. The van der Waals surface area contributed by atoms with Crippen LogP contribution in [0.2, 0.25) is 0 Å². The summed E-state index contributed by atoms with van der Waals surface area (Å²) in [6, 6.07) is 13.1. The Labute approximate surface area is 151 Å². The average molecular weight is 349 g/mol. The molecule has 1 aromatic heterocycles. The zero-order chi connectivity index (χ0) is 17.7. The van der Waals surface area contributed by atoms with Gasteiger partial charge >= 0.3 is 0 Å². The first kappa shape index (κ1) is 15.6. The van der Waals surface area contributed by atoms with Crippen LogP contribution in [-0.2, 0) is 0 Å². The molecular weight excluding hydrogens is 329 g/mol. The fourth-order valence-electron chi connectivity index (χ4n) is 4.73. The number of imidazole rings is 1. The molecule has 3 heterocycles. The van der Waals surface area contributed by atoms with E-state index in [9.17, 15) is 9.18 Å². The minimum absolute atomic E-state index is 0.117. The predicted octanol–water partition coefficient (Wildman–Crippen LogP) is 4.25. The van der Waals surface area contributed by atoms with Crippen LogP contribution in [0.4, 0.5) is 4.39 Å². The van der Waals surface area contributed by atoms with E-state index in [1.54, 1.807) is 6.33 Å². The molecule has 3 aromatic rings. The molecule has 1 N–H and O–H groups in total. The standard InChI is InChI=1S/C21H20FN3O/c22-16-4-1-13(2-5-16)15-9-17-6-7-18(10-15)25(17)21(26)14-3-8-19-20(11-14)24-12-23-19/h1-5,8,11-12,15,17-18H,6-7,9-10H2,(H,23,24). The Hall–Kier alpha value is -2.69. The number of carbonyl (C=O) groups is 1. The number of hydrogen-bond donors (Lipinski definition) is 1. The van der Waals surface area contributed by atoms with Gasteiger partial charge in [-0.2, -0.15) is 0 Å². The second-order valence-corrected chi connectivity index (χ2v) is 7.45. The quantitative estimate of drug-likeness (QED) is 0.752. The highest BCUT2D eigenvalue weighted by Gasteiger charge is 2.43. The number of halogens is 1. The van der Waals surface area contributed by atoms with Crippen LogP contribution in [0, 0.1) is 5.82 Å². The number of aromatic amines is 1. The summed E-state index contributed by atoms with van der Waals surface area (Å²) < 4.78 is 13.2. The van der Waals surface area contributed by atoms with Gasteiger partial charge in [0, 0.05) is 17.6 Å². The van der Waals surface area contributed by atoms with Crippen molar-refractivity contribution in [2.75, 3.05) is 0 Å². The number of carbonyl (C=O) groups excluding carboxylic acids is 1. The maximum Gasteiger partial charge on any atom is 0.254 e. The SMILES string of the molecule is O=C(c1ccc2nc[nH]c2c1)N1C2CCC1CC(c1ccc(F)cc1)C2. The summed E-state index contributed by atoms with van der Waals surface area (Å²) in [5, 5.41) is 0. The van der Waals surface area contributed by atoms with E-state index < -0.39 is 0 Å². The molecule has 26 heavy (non-hydrogen) atoms. The summed E-state index contributed by atoms with van der Waals surface area (Å²) in [6.07, 6.45) is 5.68. The first-order valence-electron chi connectivity index (χ1n) is 9.20. The number of rotatable bonds is 2. The van der Waals surface area contributed by atoms with E-state index in [2.05, 4.69) is 14.9 Å². The fourth-order valence-corrected chi connectivity index (χ4v) is 4.73. The van der Waals surface area contributed by atoms with Crippen LogP contribution < -0.4 is 0 Å². The van der Waals surface area contributed by atoms with Gasteiger partial charge in [0.1, 0.15) is 5.82 Å². The lowest BCUT2D eigenvalue weighted by Crippen LogP contribution is -2.46. The Morgan fingerprint density at radius 3 is 2.54 bits per heavy atom. The van der Waals surface area contributed by atoms with E-state index in [-0.39, 0.29) is 23.8 Å². The highest BCUT2D eigenvalue weighted by molar-refractivity contribution is 5.97. The molecular formula is C21H20FN3O. The molecule has 5 heteroatoms. The maximum atomic E-state index is 13.2. The lowest BCUT2D eigenvalue weighted by atomic mass is 9.85. The summed E-state index contributed by atoms with van der Waals surface area (Å²) >= 11 is 0. The summed E-state index contributed by atoms with van der Waals surface area (Å²) in [4.78, 5) is 22.5. The molecule has 1 amide bonds.